The Bertz CT molecular complexity index is 319. The zero-order valence-corrected chi connectivity index (χ0v) is 8.90. The molecule has 1 aromatic heterocycles. The van der Waals surface area contributed by atoms with E-state index in [2.05, 4.69) is 23.4 Å². The van der Waals surface area contributed by atoms with E-state index in [9.17, 15) is 0 Å². The van der Waals surface area contributed by atoms with E-state index < -0.39 is 0 Å². The van der Waals surface area contributed by atoms with Crippen molar-refractivity contribution in [1.29, 1.82) is 0 Å². The van der Waals surface area contributed by atoms with Crippen LogP contribution in [-0.2, 0) is 6.54 Å². The van der Waals surface area contributed by atoms with Crippen molar-refractivity contribution in [2.45, 2.75) is 31.5 Å². The Labute approximate surface area is 82.7 Å². The summed E-state index contributed by atoms with van der Waals surface area (Å²) in [7, 11) is 0. The van der Waals surface area contributed by atoms with Crippen LogP contribution in [-0.4, -0.2) is 21.8 Å². The first-order valence-corrected chi connectivity index (χ1v) is 5.62. The van der Waals surface area contributed by atoms with Crippen LogP contribution in [0, 0.1) is 6.92 Å². The molecule has 3 nitrogen and oxygen atoms in total. The summed E-state index contributed by atoms with van der Waals surface area (Å²) in [6, 6.07) is 0. The van der Waals surface area contributed by atoms with Crippen molar-refractivity contribution in [3.8, 4) is 0 Å². The molecule has 2 heterocycles. The third kappa shape index (κ3) is 1.38. The van der Waals surface area contributed by atoms with Gasteiger partial charge in [-0.25, -0.2) is 4.98 Å². The minimum Gasteiger partial charge on any atom is -0.330 e. The van der Waals surface area contributed by atoms with E-state index in [1.165, 1.54) is 22.3 Å². The van der Waals surface area contributed by atoms with Gasteiger partial charge in [0.25, 0.3) is 0 Å². The number of rotatable bonds is 2. The molecule has 4 heteroatoms. The molecule has 72 valence electrons. The van der Waals surface area contributed by atoms with Gasteiger partial charge >= 0.3 is 0 Å². The number of thioether (sulfide) groups is 1. The molecule has 0 aliphatic carbocycles. The second kappa shape index (κ2) is 3.35. The summed E-state index contributed by atoms with van der Waals surface area (Å²) in [4.78, 5) is 4.61. The van der Waals surface area contributed by atoms with Crippen LogP contribution in [0.2, 0.25) is 0 Å². The maximum atomic E-state index is 5.64. The number of hydrogen-bond donors (Lipinski definition) is 1. The van der Waals surface area contributed by atoms with Gasteiger partial charge in [0.05, 0.1) is 5.69 Å². The molecule has 1 unspecified atom stereocenters. The summed E-state index contributed by atoms with van der Waals surface area (Å²) in [5.41, 5.74) is 8.12. The van der Waals surface area contributed by atoms with E-state index in [1.54, 1.807) is 0 Å². The first-order chi connectivity index (χ1) is 6.24. The van der Waals surface area contributed by atoms with E-state index >= 15 is 0 Å². The Balaban J connectivity index is 2.38. The molecule has 0 radical (unpaired) electrons. The number of nitrogens with two attached hydrogens (primary N) is 1. The van der Waals surface area contributed by atoms with Crippen LogP contribution in [0.3, 0.4) is 0 Å². The van der Waals surface area contributed by atoms with Crippen LogP contribution in [0.1, 0.15) is 24.2 Å². The molecule has 0 bridgehead atoms. The molecule has 0 spiro atoms. The molecule has 1 atom stereocenters. The molecule has 1 aliphatic rings. The highest BCUT2D eigenvalue weighted by Crippen LogP contribution is 2.30. The summed E-state index contributed by atoms with van der Waals surface area (Å²) in [6.45, 7) is 6.07. The average molecular weight is 197 g/mol. The molecule has 2 rings (SSSR count). The average Bonchev–Trinajstić information content (AvgIpc) is 2.68. The Kier molecular flexibility index (Phi) is 2.34. The molecular formula is C9H15N3S. The number of fused-ring (bicyclic) bond motifs is 1. The zero-order valence-electron chi connectivity index (χ0n) is 8.08. The number of nitrogens with zero attached hydrogens (tertiary/aromatic N) is 2. The van der Waals surface area contributed by atoms with Gasteiger partial charge in [0.15, 0.2) is 5.16 Å². The van der Waals surface area contributed by atoms with Crippen LogP contribution >= 0.6 is 11.8 Å². The number of imidazole rings is 1. The second-order valence-corrected chi connectivity index (χ2v) is 4.56. The van der Waals surface area contributed by atoms with Gasteiger partial charge in [0.2, 0.25) is 0 Å². The number of hydrogen-bond acceptors (Lipinski definition) is 3. The van der Waals surface area contributed by atoms with Crippen molar-refractivity contribution in [1.82, 2.24) is 9.55 Å². The molecule has 0 aromatic carbocycles. The molecule has 1 aliphatic heterocycles. The second-order valence-electron chi connectivity index (χ2n) is 3.50. The van der Waals surface area contributed by atoms with Crippen molar-refractivity contribution in [2.24, 2.45) is 5.73 Å². The van der Waals surface area contributed by atoms with E-state index in [0.29, 0.717) is 12.5 Å². The predicted molar refractivity (Wildman–Crippen MR) is 55.2 cm³/mol. The molecule has 1 aromatic rings. The Morgan fingerprint density at radius 2 is 2.46 bits per heavy atom. The maximum absolute atomic E-state index is 5.64. The fourth-order valence-corrected chi connectivity index (χ4v) is 2.71. The third-order valence-electron chi connectivity index (χ3n) is 2.59. The monoisotopic (exact) mass is 197 g/mol. The van der Waals surface area contributed by atoms with Crippen LogP contribution in [0.25, 0.3) is 0 Å². The van der Waals surface area contributed by atoms with Crippen LogP contribution in [0.15, 0.2) is 5.16 Å². The van der Waals surface area contributed by atoms with Crippen LogP contribution < -0.4 is 5.73 Å². The molecule has 0 saturated carbocycles. The van der Waals surface area contributed by atoms with Gasteiger partial charge < -0.3 is 10.3 Å². The van der Waals surface area contributed by atoms with E-state index in [0.717, 1.165) is 6.54 Å². The Hall–Kier alpha value is -0.480. The standard InChI is InChI=1S/C9H15N3S/c1-6(5-10)8-7(2)12-3-4-13-9(12)11-8/h6H,3-5,10H2,1-2H3. The normalized spacial score (nSPS) is 17.5. The molecule has 0 saturated heterocycles. The predicted octanol–water partition coefficient (Wildman–Crippen LogP) is 1.36. The van der Waals surface area contributed by atoms with Crippen LogP contribution in [0.4, 0.5) is 0 Å². The highest BCUT2D eigenvalue weighted by Gasteiger charge is 2.21. The largest absolute Gasteiger partial charge is 0.330 e. The fourth-order valence-electron chi connectivity index (χ4n) is 1.71. The van der Waals surface area contributed by atoms with Gasteiger partial charge in [-0.3, -0.25) is 0 Å². The highest BCUT2D eigenvalue weighted by molar-refractivity contribution is 7.99. The van der Waals surface area contributed by atoms with Crippen LogP contribution in [0.5, 0.6) is 0 Å². The van der Waals surface area contributed by atoms with Crippen molar-refractivity contribution in [3.63, 3.8) is 0 Å². The van der Waals surface area contributed by atoms with E-state index in [-0.39, 0.29) is 0 Å². The lowest BCUT2D eigenvalue weighted by Crippen LogP contribution is -2.11. The zero-order chi connectivity index (χ0) is 9.42. The lowest BCUT2D eigenvalue weighted by Gasteiger charge is -2.07. The highest BCUT2D eigenvalue weighted by atomic mass is 32.2. The summed E-state index contributed by atoms with van der Waals surface area (Å²) in [5, 5.41) is 1.17. The van der Waals surface area contributed by atoms with E-state index in [1.807, 2.05) is 11.8 Å². The summed E-state index contributed by atoms with van der Waals surface area (Å²) in [5.74, 6) is 1.55. The molecular weight excluding hydrogens is 182 g/mol. The first kappa shape index (κ1) is 9.09. The topological polar surface area (TPSA) is 43.8 Å². The summed E-state index contributed by atoms with van der Waals surface area (Å²) >= 11 is 1.84. The molecule has 0 amide bonds. The Morgan fingerprint density at radius 1 is 1.69 bits per heavy atom. The van der Waals surface area contributed by atoms with E-state index in [4.69, 9.17) is 5.73 Å². The van der Waals surface area contributed by atoms with Gasteiger partial charge in [0.1, 0.15) is 0 Å². The van der Waals surface area contributed by atoms with Crippen molar-refractivity contribution >= 4 is 11.8 Å². The van der Waals surface area contributed by atoms with Crippen molar-refractivity contribution < 1.29 is 0 Å². The van der Waals surface area contributed by atoms with Crippen molar-refractivity contribution in [3.05, 3.63) is 11.4 Å². The third-order valence-corrected chi connectivity index (χ3v) is 3.55. The lowest BCUT2D eigenvalue weighted by molar-refractivity contribution is 0.695. The Morgan fingerprint density at radius 3 is 3.08 bits per heavy atom. The smallest absolute Gasteiger partial charge is 0.168 e. The van der Waals surface area contributed by atoms with Gasteiger partial charge in [-0.15, -0.1) is 0 Å². The molecule has 13 heavy (non-hydrogen) atoms. The first-order valence-electron chi connectivity index (χ1n) is 4.64. The van der Waals surface area contributed by atoms with Gasteiger partial charge in [-0.05, 0) is 6.92 Å². The fraction of sp³-hybridized carbons (Fsp3) is 0.667. The minimum atomic E-state index is 0.388. The maximum Gasteiger partial charge on any atom is 0.168 e. The van der Waals surface area contributed by atoms with Gasteiger partial charge in [-0.2, -0.15) is 0 Å². The SMILES string of the molecule is Cc1c(C(C)CN)nc2n1CCS2. The number of aromatic nitrogens is 2. The van der Waals surface area contributed by atoms with Crippen molar-refractivity contribution in [2.75, 3.05) is 12.3 Å². The quantitative estimate of drug-likeness (QED) is 0.778. The van der Waals surface area contributed by atoms with Gasteiger partial charge in [0, 0.05) is 30.5 Å². The minimum absolute atomic E-state index is 0.388. The summed E-state index contributed by atoms with van der Waals surface area (Å²) < 4.78 is 2.30. The van der Waals surface area contributed by atoms with Gasteiger partial charge in [-0.1, -0.05) is 18.7 Å². The molecule has 0 fully saturated rings. The lowest BCUT2D eigenvalue weighted by atomic mass is 10.1. The molecule has 2 N–H and O–H groups in total. The summed E-state index contributed by atoms with van der Waals surface area (Å²) in [6.07, 6.45) is 0.